The predicted octanol–water partition coefficient (Wildman–Crippen LogP) is 3.84. The molecule has 6 rings (SSSR count). The van der Waals surface area contributed by atoms with E-state index >= 15 is 0 Å². The molecule has 3 N–H and O–H groups in total. The van der Waals surface area contributed by atoms with Crippen LogP contribution in [-0.4, -0.2) is 64.2 Å². The molecular formula is C31H38N6O2. The van der Waals surface area contributed by atoms with Gasteiger partial charge in [-0.2, -0.15) is 0 Å². The second-order valence-electron chi connectivity index (χ2n) is 11.7. The SMILES string of the molecule is O=C(NC[C@@]1(O)CCCN(c2cc(NCc3ccccc3)ncn2)C1)c1ccc(CN2CC3(CCC3)C2)cc1. The maximum Gasteiger partial charge on any atom is 0.251 e. The van der Waals surface area contributed by atoms with Crippen LogP contribution in [-0.2, 0) is 13.1 Å². The highest BCUT2D eigenvalue weighted by Gasteiger charge is 2.46. The van der Waals surface area contributed by atoms with Gasteiger partial charge in [-0.1, -0.05) is 48.9 Å². The maximum absolute atomic E-state index is 12.9. The van der Waals surface area contributed by atoms with Crippen molar-refractivity contribution in [2.24, 2.45) is 5.41 Å². The molecule has 8 nitrogen and oxygen atoms in total. The minimum Gasteiger partial charge on any atom is -0.386 e. The number of β-amino-alcohol motifs (C(OH)–C–C–N with tert-alkyl or cyclic N) is 1. The standard InChI is InChI=1S/C31H38N6O2/c38-29(26-10-8-25(9-11-26)18-36-20-30(21-36)12-4-13-30)33-19-31(39)14-5-15-37(22-31)28-16-27(34-23-35-28)32-17-24-6-2-1-3-7-24/h1-3,6-11,16,23,39H,4-5,12-15,17-22H2,(H,33,38)(H,32,34,35)/t31-/m0/s1. The van der Waals surface area contributed by atoms with Crippen molar-refractivity contribution in [2.75, 3.05) is 42.9 Å². The number of amides is 1. The van der Waals surface area contributed by atoms with Crippen molar-refractivity contribution in [3.63, 3.8) is 0 Å². The summed E-state index contributed by atoms with van der Waals surface area (Å²) in [6, 6.07) is 20.0. The van der Waals surface area contributed by atoms with Gasteiger partial charge in [-0.05, 0) is 54.4 Å². The molecule has 39 heavy (non-hydrogen) atoms. The summed E-state index contributed by atoms with van der Waals surface area (Å²) in [6.07, 6.45) is 7.16. The fourth-order valence-corrected chi connectivity index (χ4v) is 6.23. The molecule has 3 aliphatic rings. The first-order valence-electron chi connectivity index (χ1n) is 14.1. The number of nitrogens with zero attached hydrogens (tertiary/aromatic N) is 4. The minimum absolute atomic E-state index is 0.154. The molecule has 3 heterocycles. The van der Waals surface area contributed by atoms with E-state index in [0.29, 0.717) is 30.5 Å². The van der Waals surface area contributed by atoms with Gasteiger partial charge in [0.2, 0.25) is 0 Å². The summed E-state index contributed by atoms with van der Waals surface area (Å²) >= 11 is 0. The molecule has 1 spiro atoms. The van der Waals surface area contributed by atoms with E-state index in [4.69, 9.17) is 0 Å². The Hall–Kier alpha value is -3.49. The summed E-state index contributed by atoms with van der Waals surface area (Å²) in [4.78, 5) is 26.2. The molecule has 0 unspecified atom stereocenters. The van der Waals surface area contributed by atoms with Crippen molar-refractivity contribution in [3.05, 3.63) is 83.7 Å². The lowest BCUT2D eigenvalue weighted by molar-refractivity contribution is -0.0645. The highest BCUT2D eigenvalue weighted by molar-refractivity contribution is 5.94. The molecule has 2 aromatic carbocycles. The van der Waals surface area contributed by atoms with E-state index in [2.05, 4.69) is 54.7 Å². The lowest BCUT2D eigenvalue weighted by Gasteiger charge is -2.56. The first-order chi connectivity index (χ1) is 19.0. The highest BCUT2D eigenvalue weighted by atomic mass is 16.3. The van der Waals surface area contributed by atoms with Crippen molar-refractivity contribution in [3.8, 4) is 0 Å². The molecule has 1 aliphatic carbocycles. The molecule has 0 radical (unpaired) electrons. The van der Waals surface area contributed by atoms with E-state index in [1.165, 1.54) is 43.5 Å². The molecule has 1 aromatic heterocycles. The van der Waals surface area contributed by atoms with Crippen molar-refractivity contribution in [1.29, 1.82) is 0 Å². The number of nitrogens with one attached hydrogen (secondary N) is 2. The molecule has 3 fully saturated rings. The van der Waals surface area contributed by atoms with E-state index in [0.717, 1.165) is 31.1 Å². The molecule has 1 saturated carbocycles. The van der Waals surface area contributed by atoms with E-state index in [-0.39, 0.29) is 12.5 Å². The Kier molecular flexibility index (Phi) is 7.23. The molecule has 8 heteroatoms. The molecular weight excluding hydrogens is 488 g/mol. The van der Waals surface area contributed by atoms with Gasteiger partial charge in [0.1, 0.15) is 18.0 Å². The van der Waals surface area contributed by atoms with Gasteiger partial charge in [-0.25, -0.2) is 9.97 Å². The number of aliphatic hydroxyl groups is 1. The van der Waals surface area contributed by atoms with Crippen LogP contribution in [0.3, 0.4) is 0 Å². The van der Waals surface area contributed by atoms with Crippen LogP contribution in [0, 0.1) is 5.41 Å². The van der Waals surface area contributed by atoms with Gasteiger partial charge in [-0.15, -0.1) is 0 Å². The van der Waals surface area contributed by atoms with Crippen molar-refractivity contribution in [2.45, 2.75) is 50.8 Å². The third kappa shape index (κ3) is 6.07. The monoisotopic (exact) mass is 526 g/mol. The lowest BCUT2D eigenvalue weighted by Crippen LogP contribution is -2.58. The number of carbonyl (C=O) groups is 1. The number of hydrogen-bond acceptors (Lipinski definition) is 7. The zero-order chi connectivity index (χ0) is 26.7. The third-order valence-corrected chi connectivity index (χ3v) is 8.58. The van der Waals surface area contributed by atoms with Gasteiger partial charge in [0.05, 0.1) is 5.60 Å². The average molecular weight is 527 g/mol. The van der Waals surface area contributed by atoms with Crippen LogP contribution >= 0.6 is 0 Å². The number of carbonyl (C=O) groups excluding carboxylic acids is 1. The Balaban J connectivity index is 0.998. The molecule has 1 atom stereocenters. The topological polar surface area (TPSA) is 93.6 Å². The number of anilines is 2. The van der Waals surface area contributed by atoms with Crippen LogP contribution in [0.5, 0.6) is 0 Å². The van der Waals surface area contributed by atoms with Gasteiger partial charge in [-0.3, -0.25) is 9.69 Å². The Morgan fingerprint density at radius 1 is 0.923 bits per heavy atom. The lowest BCUT2D eigenvalue weighted by atomic mass is 9.63. The fourth-order valence-electron chi connectivity index (χ4n) is 6.23. The Bertz CT molecular complexity index is 1270. The second kappa shape index (κ2) is 10.9. The Morgan fingerprint density at radius 2 is 1.72 bits per heavy atom. The van der Waals surface area contributed by atoms with Crippen molar-refractivity contribution in [1.82, 2.24) is 20.2 Å². The zero-order valence-corrected chi connectivity index (χ0v) is 22.5. The molecule has 204 valence electrons. The van der Waals surface area contributed by atoms with Gasteiger partial charge in [0.15, 0.2) is 0 Å². The Labute approximate surface area is 230 Å². The predicted molar refractivity (Wildman–Crippen MR) is 153 cm³/mol. The Morgan fingerprint density at radius 3 is 2.46 bits per heavy atom. The summed E-state index contributed by atoms with van der Waals surface area (Å²) in [5.41, 5.74) is 2.65. The average Bonchev–Trinajstić information content (AvgIpc) is 2.92. The van der Waals surface area contributed by atoms with Crippen LogP contribution in [0.15, 0.2) is 67.0 Å². The zero-order valence-electron chi connectivity index (χ0n) is 22.5. The third-order valence-electron chi connectivity index (χ3n) is 8.58. The van der Waals surface area contributed by atoms with Gasteiger partial charge in [0.25, 0.3) is 5.91 Å². The first-order valence-corrected chi connectivity index (χ1v) is 14.1. The normalized spacial score (nSPS) is 22.1. The van der Waals surface area contributed by atoms with Crippen molar-refractivity contribution < 1.29 is 9.90 Å². The van der Waals surface area contributed by atoms with Crippen LogP contribution in [0.4, 0.5) is 11.6 Å². The fraction of sp³-hybridized carbons (Fsp3) is 0.452. The molecule has 0 bridgehead atoms. The van der Waals surface area contributed by atoms with Crippen molar-refractivity contribution >= 4 is 17.5 Å². The summed E-state index contributed by atoms with van der Waals surface area (Å²) in [7, 11) is 0. The number of piperidine rings is 1. The van der Waals surface area contributed by atoms with Gasteiger partial charge >= 0.3 is 0 Å². The molecule has 3 aromatic rings. The van der Waals surface area contributed by atoms with E-state index < -0.39 is 5.60 Å². The maximum atomic E-state index is 12.9. The summed E-state index contributed by atoms with van der Waals surface area (Å²) in [5.74, 6) is 1.36. The number of hydrogen-bond donors (Lipinski definition) is 3. The smallest absolute Gasteiger partial charge is 0.251 e. The highest BCUT2D eigenvalue weighted by Crippen LogP contribution is 2.48. The number of rotatable bonds is 9. The minimum atomic E-state index is -1.02. The number of benzene rings is 2. The van der Waals surface area contributed by atoms with E-state index in [1.807, 2.05) is 36.4 Å². The first kappa shape index (κ1) is 25.8. The number of likely N-dealkylation sites (tertiary alicyclic amines) is 1. The molecule has 2 saturated heterocycles. The van der Waals surface area contributed by atoms with Crippen LogP contribution < -0.4 is 15.5 Å². The van der Waals surface area contributed by atoms with Gasteiger partial charge in [0, 0.05) is 57.4 Å². The van der Waals surface area contributed by atoms with Crippen LogP contribution in [0.2, 0.25) is 0 Å². The molecule has 1 amide bonds. The summed E-state index contributed by atoms with van der Waals surface area (Å²) in [6.45, 7) is 5.45. The summed E-state index contributed by atoms with van der Waals surface area (Å²) < 4.78 is 0. The largest absolute Gasteiger partial charge is 0.386 e. The molecule has 2 aliphatic heterocycles. The summed E-state index contributed by atoms with van der Waals surface area (Å²) in [5, 5.41) is 17.7. The van der Waals surface area contributed by atoms with E-state index in [1.54, 1.807) is 6.33 Å². The van der Waals surface area contributed by atoms with Gasteiger partial charge < -0.3 is 20.6 Å². The number of aromatic nitrogens is 2. The van der Waals surface area contributed by atoms with Crippen LogP contribution in [0.1, 0.15) is 53.6 Å². The van der Waals surface area contributed by atoms with E-state index in [9.17, 15) is 9.90 Å². The van der Waals surface area contributed by atoms with Crippen LogP contribution in [0.25, 0.3) is 0 Å². The quantitative estimate of drug-likeness (QED) is 0.390. The second-order valence-corrected chi connectivity index (χ2v) is 11.7.